The SMILES string of the molecule is CC(C)(CC(=O)O)CC(=O)O.O.[H-].[H-].[Sr+2]. The van der Waals surface area contributed by atoms with E-state index in [9.17, 15) is 9.59 Å². The van der Waals surface area contributed by atoms with Crippen molar-refractivity contribution in [1.82, 2.24) is 0 Å². The average Bonchev–Trinajstić information content (AvgIpc) is 1.53. The third-order valence-electron chi connectivity index (χ3n) is 1.26. The summed E-state index contributed by atoms with van der Waals surface area (Å²) in [5.41, 5.74) is -0.655. The molecule has 0 fully saturated rings. The number of carbonyl (C=O) groups is 2. The second-order valence-corrected chi connectivity index (χ2v) is 3.31. The Balaban J connectivity index is -0.0000000833. The van der Waals surface area contributed by atoms with Gasteiger partial charge in [0.2, 0.25) is 0 Å². The second kappa shape index (κ2) is 7.75. The summed E-state index contributed by atoms with van der Waals surface area (Å²) >= 11 is 0. The first-order valence-electron chi connectivity index (χ1n) is 3.27. The molecular formula is C7H16O5Sr. The van der Waals surface area contributed by atoms with Crippen LogP contribution in [0.2, 0.25) is 0 Å². The molecule has 0 aliphatic rings. The molecule has 0 radical (unpaired) electrons. The van der Waals surface area contributed by atoms with E-state index in [2.05, 4.69) is 0 Å². The molecule has 4 N–H and O–H groups in total. The normalized spacial score (nSPS) is 9.38. The van der Waals surface area contributed by atoms with Crippen molar-refractivity contribution in [3.63, 3.8) is 0 Å². The van der Waals surface area contributed by atoms with Crippen LogP contribution in [0, 0.1) is 5.41 Å². The van der Waals surface area contributed by atoms with E-state index in [4.69, 9.17) is 10.2 Å². The van der Waals surface area contributed by atoms with Gasteiger partial charge in [0.1, 0.15) is 0 Å². The van der Waals surface area contributed by atoms with Crippen LogP contribution in [0.25, 0.3) is 0 Å². The van der Waals surface area contributed by atoms with Crippen LogP contribution < -0.4 is 0 Å². The smallest absolute Gasteiger partial charge is 1.00 e. The van der Waals surface area contributed by atoms with Gasteiger partial charge in [-0.2, -0.15) is 0 Å². The minimum atomic E-state index is -0.962. The van der Waals surface area contributed by atoms with E-state index in [1.165, 1.54) is 0 Å². The fourth-order valence-electron chi connectivity index (χ4n) is 0.881. The van der Waals surface area contributed by atoms with Crippen molar-refractivity contribution in [2.24, 2.45) is 5.41 Å². The van der Waals surface area contributed by atoms with Gasteiger partial charge >= 0.3 is 57.4 Å². The van der Waals surface area contributed by atoms with Crippen molar-refractivity contribution >= 4 is 57.4 Å². The van der Waals surface area contributed by atoms with Crippen molar-refractivity contribution < 1.29 is 28.1 Å². The Hall–Kier alpha value is 0.381. The van der Waals surface area contributed by atoms with Gasteiger partial charge in [-0.15, -0.1) is 0 Å². The molecule has 13 heavy (non-hydrogen) atoms. The number of hydrogen-bond donors (Lipinski definition) is 2. The minimum absolute atomic E-state index is 0. The molecule has 0 atom stereocenters. The molecule has 0 aromatic heterocycles. The Kier molecular flexibility index (Phi) is 11.4. The van der Waals surface area contributed by atoms with Crippen molar-refractivity contribution in [3.05, 3.63) is 0 Å². The number of carboxylic acid groups (broad SMARTS) is 2. The predicted molar refractivity (Wildman–Crippen MR) is 49.9 cm³/mol. The van der Waals surface area contributed by atoms with Gasteiger partial charge in [-0.05, 0) is 5.41 Å². The van der Waals surface area contributed by atoms with Crippen molar-refractivity contribution in [1.29, 1.82) is 0 Å². The average molecular weight is 268 g/mol. The molecule has 0 rings (SSSR count). The maximum atomic E-state index is 10.2. The summed E-state index contributed by atoms with van der Waals surface area (Å²) in [4.78, 5) is 20.4. The fraction of sp³-hybridized carbons (Fsp3) is 0.714. The third kappa shape index (κ3) is 12.4. The van der Waals surface area contributed by atoms with E-state index < -0.39 is 17.4 Å². The fourth-order valence-corrected chi connectivity index (χ4v) is 0.881. The van der Waals surface area contributed by atoms with Crippen LogP contribution in [0.1, 0.15) is 29.5 Å². The van der Waals surface area contributed by atoms with Crippen LogP contribution in [0.4, 0.5) is 0 Å². The summed E-state index contributed by atoms with van der Waals surface area (Å²) in [7, 11) is 0. The second-order valence-electron chi connectivity index (χ2n) is 3.31. The van der Waals surface area contributed by atoms with Crippen LogP contribution in [0.3, 0.4) is 0 Å². The van der Waals surface area contributed by atoms with Gasteiger partial charge in [0, 0.05) is 0 Å². The van der Waals surface area contributed by atoms with Gasteiger partial charge in [-0.3, -0.25) is 9.59 Å². The van der Waals surface area contributed by atoms with Crippen LogP contribution in [0.15, 0.2) is 0 Å². The standard InChI is InChI=1S/C7H12O4.H2O.Sr.2H/c1-7(2,3-5(8)9)4-6(10)11;;;;/h3-4H2,1-2H3,(H,8,9)(H,10,11);1H2;;;/q;;+2;2*-1. The monoisotopic (exact) mass is 268 g/mol. The molecular weight excluding hydrogens is 252 g/mol. The Bertz CT molecular complexity index is 168. The Morgan fingerprint density at radius 3 is 1.54 bits per heavy atom. The molecule has 0 aromatic carbocycles. The van der Waals surface area contributed by atoms with Gasteiger partial charge in [0.25, 0.3) is 0 Å². The van der Waals surface area contributed by atoms with Gasteiger partial charge in [-0.25, -0.2) is 0 Å². The molecule has 0 spiro atoms. The number of carboxylic acids is 2. The van der Waals surface area contributed by atoms with E-state index >= 15 is 0 Å². The van der Waals surface area contributed by atoms with E-state index in [1.54, 1.807) is 13.8 Å². The summed E-state index contributed by atoms with van der Waals surface area (Å²) in [6.07, 6.45) is -0.224. The molecule has 76 valence electrons. The summed E-state index contributed by atoms with van der Waals surface area (Å²) in [6.45, 7) is 3.24. The summed E-state index contributed by atoms with van der Waals surface area (Å²) in [5.74, 6) is -1.92. The summed E-state index contributed by atoms with van der Waals surface area (Å²) < 4.78 is 0. The zero-order chi connectivity index (χ0) is 9.07. The molecule has 0 saturated carbocycles. The zero-order valence-corrected chi connectivity index (χ0v) is 11.3. The van der Waals surface area contributed by atoms with Crippen LogP contribution in [0.5, 0.6) is 0 Å². The Morgan fingerprint density at radius 2 is 1.38 bits per heavy atom. The quantitative estimate of drug-likeness (QED) is 0.698. The number of hydrogen-bond acceptors (Lipinski definition) is 2. The Labute approximate surface area is 117 Å². The van der Waals surface area contributed by atoms with E-state index in [0.29, 0.717) is 0 Å². The Morgan fingerprint density at radius 1 is 1.15 bits per heavy atom. The minimum Gasteiger partial charge on any atom is -1.00 e. The maximum Gasteiger partial charge on any atom is 2.00 e. The van der Waals surface area contributed by atoms with Gasteiger partial charge in [0.15, 0.2) is 0 Å². The van der Waals surface area contributed by atoms with Crippen molar-refractivity contribution in [3.8, 4) is 0 Å². The van der Waals surface area contributed by atoms with Gasteiger partial charge in [-0.1, -0.05) is 13.8 Å². The molecule has 0 aromatic rings. The molecule has 0 aliphatic heterocycles. The van der Waals surface area contributed by atoms with E-state index in [0.717, 1.165) is 0 Å². The van der Waals surface area contributed by atoms with Crippen LogP contribution >= 0.6 is 0 Å². The molecule has 0 amide bonds. The molecule has 5 nitrogen and oxygen atoms in total. The molecule has 0 unspecified atom stereocenters. The topological polar surface area (TPSA) is 106 Å². The maximum absolute atomic E-state index is 10.2. The van der Waals surface area contributed by atoms with Crippen LogP contribution in [-0.2, 0) is 9.59 Å². The first kappa shape index (κ1) is 19.0. The largest absolute Gasteiger partial charge is 2.00 e. The third-order valence-corrected chi connectivity index (χ3v) is 1.26. The van der Waals surface area contributed by atoms with Crippen molar-refractivity contribution in [2.45, 2.75) is 26.7 Å². The van der Waals surface area contributed by atoms with E-state index in [1.807, 2.05) is 0 Å². The van der Waals surface area contributed by atoms with Gasteiger partial charge in [0.05, 0.1) is 12.8 Å². The summed E-state index contributed by atoms with van der Waals surface area (Å²) in [6, 6.07) is 0. The zero-order valence-electron chi connectivity index (χ0n) is 9.83. The number of rotatable bonds is 4. The van der Waals surface area contributed by atoms with E-state index in [-0.39, 0.29) is 66.7 Å². The van der Waals surface area contributed by atoms with Gasteiger partial charge < -0.3 is 18.5 Å². The summed E-state index contributed by atoms with van der Waals surface area (Å²) in [5, 5.41) is 16.7. The van der Waals surface area contributed by atoms with Crippen molar-refractivity contribution in [2.75, 3.05) is 0 Å². The molecule has 0 heterocycles. The van der Waals surface area contributed by atoms with Crippen LogP contribution in [-0.4, -0.2) is 73.1 Å². The first-order chi connectivity index (χ1) is 4.83. The molecule has 0 aliphatic carbocycles. The first-order valence-corrected chi connectivity index (χ1v) is 3.27. The predicted octanol–water partition coefficient (Wildman–Crippen LogP) is -0.0185. The molecule has 6 heteroatoms. The molecule has 0 bridgehead atoms. The molecule has 0 saturated heterocycles. The number of aliphatic carboxylic acids is 2.